The molecule has 2 aromatic heterocycles. The highest BCUT2D eigenvalue weighted by atomic mass is 35.5. The molecule has 0 unspecified atom stereocenters. The smallest absolute Gasteiger partial charge is 0.251 e. The summed E-state index contributed by atoms with van der Waals surface area (Å²) in [6, 6.07) is 7.20. The monoisotopic (exact) mass is 272 g/mol. The maximum absolute atomic E-state index is 5.83. The summed E-state index contributed by atoms with van der Waals surface area (Å²) in [7, 11) is 0. The molecule has 0 bridgehead atoms. The fourth-order valence-corrected chi connectivity index (χ4v) is 1.68. The van der Waals surface area contributed by atoms with Crippen LogP contribution >= 0.6 is 11.6 Å². The first-order valence-corrected chi connectivity index (χ1v) is 5.98. The van der Waals surface area contributed by atoms with E-state index >= 15 is 0 Å². The quantitative estimate of drug-likeness (QED) is 0.717. The molecule has 0 atom stereocenters. The lowest BCUT2D eigenvalue weighted by Gasteiger charge is -1.95. The van der Waals surface area contributed by atoms with E-state index in [-0.39, 0.29) is 0 Å². The Labute approximate surface area is 114 Å². The Hall–Kier alpha value is -2.27. The van der Waals surface area contributed by atoms with Crippen molar-refractivity contribution in [2.24, 2.45) is 0 Å². The Morgan fingerprint density at radius 3 is 2.11 bits per heavy atom. The second-order valence-electron chi connectivity index (χ2n) is 3.94. The number of hydrogen-bond donors (Lipinski definition) is 0. The molecule has 0 aliphatic rings. The molecule has 0 amide bonds. The molecular weight excluding hydrogens is 264 g/mol. The zero-order chi connectivity index (χ0) is 13.2. The number of rotatable bonds is 2. The molecule has 0 aliphatic carbocycles. The van der Waals surface area contributed by atoms with Crippen molar-refractivity contribution in [3.63, 3.8) is 0 Å². The Balaban J connectivity index is 1.95. The summed E-state index contributed by atoms with van der Waals surface area (Å²) in [6.45, 7) is 1.82. The molecule has 0 saturated carbocycles. The number of aromatic nitrogens is 4. The van der Waals surface area contributed by atoms with Crippen molar-refractivity contribution in [1.82, 2.24) is 20.2 Å². The molecule has 0 N–H and O–H groups in total. The van der Waals surface area contributed by atoms with Gasteiger partial charge in [0, 0.05) is 23.0 Å². The lowest BCUT2D eigenvalue weighted by molar-refractivity contribution is 0.584. The first-order valence-electron chi connectivity index (χ1n) is 5.61. The first kappa shape index (κ1) is 11.8. The van der Waals surface area contributed by atoms with Crippen LogP contribution in [0.1, 0.15) is 5.82 Å². The molecular formula is C13H9ClN4O. The third-order valence-electron chi connectivity index (χ3n) is 2.54. The molecule has 1 aromatic carbocycles. The summed E-state index contributed by atoms with van der Waals surface area (Å²) in [6.07, 6.45) is 3.31. The van der Waals surface area contributed by atoms with Crippen LogP contribution in [0.4, 0.5) is 0 Å². The summed E-state index contributed by atoms with van der Waals surface area (Å²) >= 11 is 5.83. The number of benzene rings is 1. The van der Waals surface area contributed by atoms with E-state index in [4.69, 9.17) is 16.0 Å². The van der Waals surface area contributed by atoms with Gasteiger partial charge in [0.25, 0.3) is 5.89 Å². The van der Waals surface area contributed by atoms with Crippen molar-refractivity contribution >= 4 is 11.6 Å². The lowest BCUT2D eigenvalue weighted by atomic mass is 10.2. The van der Waals surface area contributed by atoms with E-state index in [9.17, 15) is 0 Å². The molecule has 0 spiro atoms. The molecule has 6 heteroatoms. The summed E-state index contributed by atoms with van der Waals surface area (Å²) < 4.78 is 5.59. The summed E-state index contributed by atoms with van der Waals surface area (Å²) in [5.41, 5.74) is 1.51. The Kier molecular flexibility index (Phi) is 2.97. The van der Waals surface area contributed by atoms with Crippen LogP contribution in [0.2, 0.25) is 5.02 Å². The van der Waals surface area contributed by atoms with Crippen LogP contribution in [0.5, 0.6) is 0 Å². The number of nitrogens with zero attached hydrogens (tertiary/aromatic N) is 4. The summed E-state index contributed by atoms with van der Waals surface area (Å²) in [5, 5.41) is 8.65. The third kappa shape index (κ3) is 2.46. The van der Waals surface area contributed by atoms with Gasteiger partial charge in [0.2, 0.25) is 5.89 Å². The minimum absolute atomic E-state index is 0.393. The average molecular weight is 273 g/mol. The van der Waals surface area contributed by atoms with Gasteiger partial charge < -0.3 is 4.42 Å². The van der Waals surface area contributed by atoms with E-state index in [0.29, 0.717) is 28.2 Å². The largest absolute Gasteiger partial charge is 0.416 e. The maximum Gasteiger partial charge on any atom is 0.251 e. The van der Waals surface area contributed by atoms with Crippen molar-refractivity contribution in [2.45, 2.75) is 6.92 Å². The fraction of sp³-hybridized carbons (Fsp3) is 0.0769. The van der Waals surface area contributed by atoms with Gasteiger partial charge in [-0.15, -0.1) is 10.2 Å². The fourth-order valence-electron chi connectivity index (χ4n) is 1.55. The van der Waals surface area contributed by atoms with Gasteiger partial charge in [0.05, 0.1) is 5.56 Å². The van der Waals surface area contributed by atoms with Gasteiger partial charge in [0.1, 0.15) is 5.82 Å². The number of halogens is 1. The average Bonchev–Trinajstić information content (AvgIpc) is 2.90. The van der Waals surface area contributed by atoms with E-state index in [1.165, 1.54) is 0 Å². The van der Waals surface area contributed by atoms with E-state index < -0.39 is 0 Å². The summed E-state index contributed by atoms with van der Waals surface area (Å²) in [4.78, 5) is 8.19. The minimum Gasteiger partial charge on any atom is -0.416 e. The highest BCUT2D eigenvalue weighted by molar-refractivity contribution is 6.30. The van der Waals surface area contributed by atoms with Crippen molar-refractivity contribution in [3.8, 4) is 22.9 Å². The van der Waals surface area contributed by atoms with Gasteiger partial charge in [-0.2, -0.15) is 0 Å². The topological polar surface area (TPSA) is 64.7 Å². The second-order valence-corrected chi connectivity index (χ2v) is 4.37. The predicted molar refractivity (Wildman–Crippen MR) is 70.5 cm³/mol. The second kappa shape index (κ2) is 4.78. The Morgan fingerprint density at radius 1 is 0.895 bits per heavy atom. The Morgan fingerprint density at radius 2 is 1.47 bits per heavy atom. The molecule has 3 aromatic rings. The molecule has 19 heavy (non-hydrogen) atoms. The van der Waals surface area contributed by atoms with Crippen LogP contribution in [0.25, 0.3) is 22.9 Å². The zero-order valence-electron chi connectivity index (χ0n) is 10.0. The van der Waals surface area contributed by atoms with Crippen molar-refractivity contribution in [3.05, 3.63) is 47.5 Å². The third-order valence-corrected chi connectivity index (χ3v) is 2.80. The Bertz CT molecular complexity index is 631. The molecule has 0 fully saturated rings. The van der Waals surface area contributed by atoms with Gasteiger partial charge in [-0.05, 0) is 31.2 Å². The molecule has 0 saturated heterocycles. The normalized spacial score (nSPS) is 10.6. The van der Waals surface area contributed by atoms with Crippen LogP contribution in [-0.2, 0) is 0 Å². The lowest BCUT2D eigenvalue weighted by Crippen LogP contribution is -1.87. The molecule has 94 valence electrons. The van der Waals surface area contributed by atoms with Gasteiger partial charge >= 0.3 is 0 Å². The molecule has 2 heterocycles. The number of aryl methyl sites for hydroxylation is 1. The van der Waals surface area contributed by atoms with Crippen LogP contribution < -0.4 is 0 Å². The summed E-state index contributed by atoms with van der Waals surface area (Å²) in [5.74, 6) is 1.53. The molecule has 0 aliphatic heterocycles. The van der Waals surface area contributed by atoms with Crippen molar-refractivity contribution in [2.75, 3.05) is 0 Å². The van der Waals surface area contributed by atoms with E-state index in [1.807, 2.05) is 19.1 Å². The van der Waals surface area contributed by atoms with Crippen LogP contribution in [0.3, 0.4) is 0 Å². The van der Waals surface area contributed by atoms with Gasteiger partial charge in [0.15, 0.2) is 0 Å². The van der Waals surface area contributed by atoms with Crippen molar-refractivity contribution < 1.29 is 4.42 Å². The van der Waals surface area contributed by atoms with Crippen LogP contribution in [0.15, 0.2) is 41.1 Å². The van der Waals surface area contributed by atoms with E-state index in [0.717, 1.165) is 5.56 Å². The van der Waals surface area contributed by atoms with E-state index in [1.54, 1.807) is 24.5 Å². The highest BCUT2D eigenvalue weighted by Gasteiger charge is 2.10. The highest BCUT2D eigenvalue weighted by Crippen LogP contribution is 2.24. The maximum atomic E-state index is 5.83. The van der Waals surface area contributed by atoms with Crippen LogP contribution in [-0.4, -0.2) is 20.2 Å². The van der Waals surface area contributed by atoms with Gasteiger partial charge in [-0.25, -0.2) is 9.97 Å². The standard InChI is InChI=1S/C13H9ClN4O/c1-8-15-6-10(7-16-8)13-18-17-12(19-13)9-2-4-11(14)5-3-9/h2-7H,1H3. The van der Waals surface area contributed by atoms with E-state index in [2.05, 4.69) is 20.2 Å². The van der Waals surface area contributed by atoms with Gasteiger partial charge in [-0.3, -0.25) is 0 Å². The first-order chi connectivity index (χ1) is 9.22. The van der Waals surface area contributed by atoms with Crippen LogP contribution in [0, 0.1) is 6.92 Å². The molecule has 3 rings (SSSR count). The minimum atomic E-state index is 0.393. The number of hydrogen-bond acceptors (Lipinski definition) is 5. The molecule has 5 nitrogen and oxygen atoms in total. The SMILES string of the molecule is Cc1ncc(-c2nnc(-c3ccc(Cl)cc3)o2)cn1. The molecule has 0 radical (unpaired) electrons. The van der Waals surface area contributed by atoms with Crippen molar-refractivity contribution in [1.29, 1.82) is 0 Å². The predicted octanol–water partition coefficient (Wildman–Crippen LogP) is 3.16. The van der Waals surface area contributed by atoms with Gasteiger partial charge in [-0.1, -0.05) is 11.6 Å². The zero-order valence-corrected chi connectivity index (χ0v) is 10.8.